The summed E-state index contributed by atoms with van der Waals surface area (Å²) in [7, 11) is 1.50. The van der Waals surface area contributed by atoms with Gasteiger partial charge in [-0.3, -0.25) is 58.0 Å². The fourth-order valence-corrected chi connectivity index (χ4v) is 16.9. The van der Waals surface area contributed by atoms with Gasteiger partial charge in [0.15, 0.2) is 0 Å². The van der Waals surface area contributed by atoms with E-state index in [-0.39, 0.29) is 76.3 Å². The molecule has 12 fully saturated rings. The molecule has 77 heavy (non-hydrogen) atoms. The first-order chi connectivity index (χ1) is 37.1. The third-order valence-electron chi connectivity index (χ3n) is 20.4. The summed E-state index contributed by atoms with van der Waals surface area (Å²) < 4.78 is 12.4. The van der Waals surface area contributed by atoms with Crippen LogP contribution in [0.4, 0.5) is 11.4 Å². The van der Waals surface area contributed by atoms with Gasteiger partial charge in [-0.05, 0) is 170 Å². The van der Waals surface area contributed by atoms with E-state index in [4.69, 9.17) is 9.47 Å². The number of carbonyl (C=O) groups is 8. The molecule has 16 rings (SSSR count). The molecule has 15 atom stereocenters. The summed E-state index contributed by atoms with van der Waals surface area (Å²) >= 11 is 0. The van der Waals surface area contributed by atoms with E-state index in [1.807, 2.05) is 48.5 Å². The van der Waals surface area contributed by atoms with Crippen LogP contribution in [0.5, 0.6) is 23.0 Å². The van der Waals surface area contributed by atoms with Crippen LogP contribution >= 0.6 is 0 Å². The van der Waals surface area contributed by atoms with Crippen molar-refractivity contribution < 1.29 is 47.8 Å². The lowest BCUT2D eigenvalue weighted by Gasteiger charge is -2.48. The first-order valence-electron chi connectivity index (χ1n) is 28.3. The second-order valence-electron chi connectivity index (χ2n) is 24.6. The highest BCUT2D eigenvalue weighted by molar-refractivity contribution is 6.24. The Morgan fingerprint density at radius 2 is 0.753 bits per heavy atom. The predicted octanol–water partition coefficient (Wildman–Crippen LogP) is 9.57. The number of hydrogen-bond acceptors (Lipinski definition) is 10. The number of amides is 8. The van der Waals surface area contributed by atoms with Crippen LogP contribution in [0.3, 0.4) is 0 Å². The van der Waals surface area contributed by atoms with Crippen LogP contribution in [0.2, 0.25) is 0 Å². The molecular formula is C63H66N4O10. The Hall–Kier alpha value is -6.96. The molecule has 4 aromatic rings. The highest BCUT2D eigenvalue weighted by atomic mass is 16.5. The van der Waals surface area contributed by atoms with Gasteiger partial charge in [0.1, 0.15) is 23.0 Å². The van der Waals surface area contributed by atoms with Crippen LogP contribution in [0.15, 0.2) is 97.1 Å². The fourth-order valence-electron chi connectivity index (χ4n) is 16.9. The Bertz CT molecular complexity index is 3040. The Morgan fingerprint density at radius 1 is 0.429 bits per heavy atom. The summed E-state index contributed by atoms with van der Waals surface area (Å²) in [5.74, 6) is -3.47. The van der Waals surface area contributed by atoms with E-state index in [2.05, 4.69) is 27.7 Å². The third kappa shape index (κ3) is 7.45. The van der Waals surface area contributed by atoms with Crippen LogP contribution < -0.4 is 19.3 Å². The SMILES string of the molecule is CCC.CN1C(=O)C2C3CCC(C2C1=O)C1C(=O)N(c2ccc(Oc4ccc(C(C)(C)c5ccc(Oc6ccc(N7C(=O)C8C9CCC(C%10C(=O)N(CC%11CC%12CCC%11C%12)C(=O)C9%10)C8C7=O)cc6)cc5)cc4)cc2)C(=O)C31. The van der Waals surface area contributed by atoms with Gasteiger partial charge >= 0.3 is 0 Å². The van der Waals surface area contributed by atoms with E-state index < -0.39 is 47.3 Å². The zero-order valence-corrected chi connectivity index (χ0v) is 44.3. The van der Waals surface area contributed by atoms with Crippen molar-refractivity contribution in [1.29, 1.82) is 0 Å². The van der Waals surface area contributed by atoms with Gasteiger partial charge in [-0.2, -0.15) is 0 Å². The molecule has 8 aliphatic carbocycles. The first kappa shape index (κ1) is 49.6. The largest absolute Gasteiger partial charge is 0.457 e. The number of hydrogen-bond donors (Lipinski definition) is 0. The van der Waals surface area contributed by atoms with Gasteiger partial charge in [-0.25, -0.2) is 0 Å². The monoisotopic (exact) mass is 1040 g/mol. The number of anilines is 2. The van der Waals surface area contributed by atoms with E-state index >= 15 is 0 Å². The highest BCUT2D eigenvalue weighted by Gasteiger charge is 2.71. The number of imide groups is 4. The number of carbonyl (C=O) groups excluding carboxylic acids is 8. The van der Waals surface area contributed by atoms with Crippen molar-refractivity contribution >= 4 is 58.6 Å². The molecule has 14 heteroatoms. The molecule has 14 nitrogen and oxygen atoms in total. The zero-order chi connectivity index (χ0) is 53.5. The van der Waals surface area contributed by atoms with Gasteiger partial charge in [-0.15, -0.1) is 0 Å². The van der Waals surface area contributed by atoms with Gasteiger partial charge in [0.25, 0.3) is 0 Å². The van der Waals surface area contributed by atoms with E-state index in [9.17, 15) is 38.4 Å². The summed E-state index contributed by atoms with van der Waals surface area (Å²) in [6.45, 7) is 9.02. The molecule has 4 aromatic carbocycles. The molecule has 8 amide bonds. The Balaban J connectivity index is 0.00000185. The summed E-state index contributed by atoms with van der Waals surface area (Å²) in [5.41, 5.74) is 2.62. The molecule has 12 aliphatic rings. The minimum Gasteiger partial charge on any atom is -0.457 e. The van der Waals surface area contributed by atoms with Crippen molar-refractivity contribution in [3.63, 3.8) is 0 Å². The number of likely N-dealkylation sites (tertiary alicyclic amines) is 2. The maximum Gasteiger partial charge on any atom is 0.237 e. The molecule has 4 saturated heterocycles. The quantitative estimate of drug-likeness (QED) is 0.140. The smallest absolute Gasteiger partial charge is 0.237 e. The molecule has 4 aliphatic heterocycles. The van der Waals surface area contributed by atoms with E-state index in [1.165, 1.54) is 52.3 Å². The number of benzene rings is 4. The third-order valence-corrected chi connectivity index (χ3v) is 20.4. The zero-order valence-electron chi connectivity index (χ0n) is 44.3. The molecule has 8 saturated carbocycles. The lowest BCUT2D eigenvalue weighted by atomic mass is 9.51. The molecule has 15 unspecified atom stereocenters. The lowest BCUT2D eigenvalue weighted by molar-refractivity contribution is -0.148. The highest BCUT2D eigenvalue weighted by Crippen LogP contribution is 2.63. The van der Waals surface area contributed by atoms with Crippen molar-refractivity contribution in [3.05, 3.63) is 108 Å². The van der Waals surface area contributed by atoms with Crippen LogP contribution in [0.25, 0.3) is 0 Å². The molecular weight excluding hydrogens is 973 g/mol. The Labute approximate surface area is 448 Å². The Kier molecular flexibility index (Phi) is 11.8. The van der Waals surface area contributed by atoms with Gasteiger partial charge in [0.05, 0.1) is 58.7 Å². The average Bonchev–Trinajstić information content (AvgIpc) is 4.43. The van der Waals surface area contributed by atoms with E-state index in [1.54, 1.807) is 48.5 Å². The molecule has 398 valence electrons. The fraction of sp³-hybridized carbons (Fsp3) is 0.492. The van der Waals surface area contributed by atoms with Gasteiger partial charge in [0.2, 0.25) is 47.3 Å². The lowest BCUT2D eigenvalue weighted by Crippen LogP contribution is -2.53. The predicted molar refractivity (Wildman–Crippen MR) is 283 cm³/mol. The first-order valence-corrected chi connectivity index (χ1v) is 28.3. The van der Waals surface area contributed by atoms with Crippen LogP contribution in [-0.2, 0) is 43.8 Å². The normalized spacial score (nSPS) is 34.2. The van der Waals surface area contributed by atoms with Gasteiger partial charge in [0, 0.05) is 19.0 Å². The van der Waals surface area contributed by atoms with Crippen molar-refractivity contribution in [3.8, 4) is 23.0 Å². The Morgan fingerprint density at radius 3 is 1.08 bits per heavy atom. The van der Waals surface area contributed by atoms with Crippen molar-refractivity contribution in [2.45, 2.75) is 90.9 Å². The second kappa shape index (κ2) is 18.3. The standard InChI is InChI=1S/C60H58N4O10.C3H8/c1-60(2,32-6-14-36(15-7-32)73-38-18-10-34(11-19-38)63-56(69)48-40-22-23-41(49(48)57(63)70)45-44(40)52(65)61(3)53(45)66)33-8-16-37(17-9-33)74-39-20-12-35(13-21-39)64-58(71)50-42-24-25-43(51(50)59(64)72)47-46(42)54(67)62(55(47)68)28-31-27-29-4-5-30(31)26-29;1-3-2/h6-21,29-31,40-51H,4-5,22-28H2,1-3H3;3H2,1-2H3. The van der Waals surface area contributed by atoms with Crippen molar-refractivity contribution in [2.24, 2.45) is 88.8 Å². The van der Waals surface area contributed by atoms with Gasteiger partial charge < -0.3 is 9.47 Å². The molecule has 0 radical (unpaired) electrons. The molecule has 0 spiro atoms. The molecule has 4 heterocycles. The average molecular weight is 1040 g/mol. The maximum atomic E-state index is 14.2. The summed E-state index contributed by atoms with van der Waals surface area (Å²) in [5, 5.41) is 0. The minimum atomic E-state index is -0.592. The second-order valence-corrected chi connectivity index (χ2v) is 24.6. The molecule has 0 N–H and O–H groups in total. The summed E-state index contributed by atoms with van der Waals surface area (Å²) in [6.07, 6.45) is 8.67. The summed E-state index contributed by atoms with van der Waals surface area (Å²) in [4.78, 5) is 116. The maximum absolute atomic E-state index is 14.2. The van der Waals surface area contributed by atoms with Crippen LogP contribution in [0.1, 0.15) is 96.6 Å². The van der Waals surface area contributed by atoms with Gasteiger partial charge in [-0.1, -0.05) is 64.8 Å². The van der Waals surface area contributed by atoms with Crippen molar-refractivity contribution in [2.75, 3.05) is 23.4 Å². The molecule has 6 bridgehead atoms. The summed E-state index contributed by atoms with van der Waals surface area (Å²) in [6, 6.07) is 29.5. The molecule has 0 aromatic heterocycles. The minimum absolute atomic E-state index is 0.114. The van der Waals surface area contributed by atoms with Crippen LogP contribution in [-0.4, -0.2) is 70.6 Å². The van der Waals surface area contributed by atoms with E-state index in [0.29, 0.717) is 78.4 Å². The number of nitrogens with zero attached hydrogens (tertiary/aromatic N) is 4. The number of ether oxygens (including phenoxy) is 2. The van der Waals surface area contributed by atoms with Crippen molar-refractivity contribution in [1.82, 2.24) is 9.80 Å². The number of fused-ring (bicyclic) bond motifs is 4. The van der Waals surface area contributed by atoms with Crippen LogP contribution in [0, 0.1) is 88.8 Å². The number of rotatable bonds is 10. The topological polar surface area (TPSA) is 168 Å². The van der Waals surface area contributed by atoms with E-state index in [0.717, 1.165) is 23.5 Å².